The second-order valence-corrected chi connectivity index (χ2v) is 5.29. The van der Waals surface area contributed by atoms with Crippen molar-refractivity contribution in [2.24, 2.45) is 0 Å². The Bertz CT molecular complexity index is 635. The number of halogens is 1. The maximum absolute atomic E-state index is 12.5. The van der Waals surface area contributed by atoms with Gasteiger partial charge in [-0.05, 0) is 19.8 Å². The van der Waals surface area contributed by atoms with Crippen LogP contribution < -0.4 is 0 Å². The average Bonchev–Trinajstić information content (AvgIpc) is 2.81. The molecule has 8 nitrogen and oxygen atoms in total. The molecule has 1 unspecified atom stereocenters. The zero-order valence-corrected chi connectivity index (χ0v) is 11.8. The summed E-state index contributed by atoms with van der Waals surface area (Å²) >= 11 is 5.82. The monoisotopic (exact) mass is 313 g/mol. The van der Waals surface area contributed by atoms with Crippen LogP contribution in [0.2, 0.25) is 5.15 Å². The number of nitrogens with zero attached hydrogens (tertiary/aromatic N) is 3. The van der Waals surface area contributed by atoms with E-state index in [1.54, 1.807) is 0 Å². The van der Waals surface area contributed by atoms with Gasteiger partial charge in [-0.3, -0.25) is 14.9 Å². The standard InChI is InChI=1S/C12H12ClN3O5/c1-12(11(18)19)3-2-4-15(12)10(17)8-5-7(16(20)21)6-14-9(8)13/h5-6H,2-4H2,1H3,(H,18,19). The minimum absolute atomic E-state index is 0.166. The first-order valence-electron chi connectivity index (χ1n) is 6.12. The van der Waals surface area contributed by atoms with Gasteiger partial charge < -0.3 is 10.0 Å². The summed E-state index contributed by atoms with van der Waals surface area (Å²) in [5, 5.41) is 19.9. The number of hydrogen-bond donors (Lipinski definition) is 1. The van der Waals surface area contributed by atoms with Crippen LogP contribution in [0, 0.1) is 10.1 Å². The summed E-state index contributed by atoms with van der Waals surface area (Å²) in [6.07, 6.45) is 1.79. The number of nitro groups is 1. The Hall–Kier alpha value is -2.22. The van der Waals surface area contributed by atoms with Gasteiger partial charge in [0.2, 0.25) is 0 Å². The van der Waals surface area contributed by atoms with Gasteiger partial charge in [0, 0.05) is 12.6 Å². The molecule has 1 aliphatic heterocycles. The number of carbonyl (C=O) groups is 2. The Kier molecular flexibility index (Phi) is 3.82. The summed E-state index contributed by atoms with van der Waals surface area (Å²) in [6, 6.07) is 1.01. The summed E-state index contributed by atoms with van der Waals surface area (Å²) in [7, 11) is 0. The molecule has 1 N–H and O–H groups in total. The van der Waals surface area contributed by atoms with Gasteiger partial charge in [-0.25, -0.2) is 9.78 Å². The predicted octanol–water partition coefficient (Wildman–Crippen LogP) is 1.72. The van der Waals surface area contributed by atoms with E-state index < -0.39 is 22.3 Å². The fourth-order valence-corrected chi connectivity index (χ4v) is 2.53. The highest BCUT2D eigenvalue weighted by Gasteiger charge is 2.46. The molecular weight excluding hydrogens is 302 g/mol. The van der Waals surface area contributed by atoms with Gasteiger partial charge in [0.25, 0.3) is 11.6 Å². The molecule has 0 bridgehead atoms. The molecule has 1 atom stereocenters. The van der Waals surface area contributed by atoms with Gasteiger partial charge in [-0.2, -0.15) is 0 Å². The van der Waals surface area contributed by atoms with E-state index in [4.69, 9.17) is 11.6 Å². The topological polar surface area (TPSA) is 114 Å². The first kappa shape index (κ1) is 15.2. The van der Waals surface area contributed by atoms with Crippen molar-refractivity contribution in [3.8, 4) is 0 Å². The number of carboxylic acid groups (broad SMARTS) is 1. The summed E-state index contributed by atoms with van der Waals surface area (Å²) in [6.45, 7) is 1.69. The molecule has 1 aliphatic rings. The number of pyridine rings is 1. The smallest absolute Gasteiger partial charge is 0.329 e. The number of carboxylic acids is 1. The highest BCUT2D eigenvalue weighted by atomic mass is 35.5. The Balaban J connectivity index is 2.42. The molecule has 1 fully saturated rings. The summed E-state index contributed by atoms with van der Waals surface area (Å²) in [4.78, 5) is 38.7. The Morgan fingerprint density at radius 2 is 2.24 bits per heavy atom. The van der Waals surface area contributed by atoms with Crippen LogP contribution in [-0.4, -0.2) is 43.9 Å². The first-order chi connectivity index (χ1) is 9.77. The molecule has 1 amide bonds. The molecule has 1 aromatic rings. The molecule has 9 heteroatoms. The molecule has 1 aromatic heterocycles. The number of carbonyl (C=O) groups excluding carboxylic acids is 1. The lowest BCUT2D eigenvalue weighted by Gasteiger charge is -2.31. The molecule has 0 saturated carbocycles. The Labute approximate surface area is 124 Å². The Morgan fingerprint density at radius 1 is 1.57 bits per heavy atom. The molecule has 0 spiro atoms. The normalized spacial score (nSPS) is 21.3. The van der Waals surface area contributed by atoms with E-state index >= 15 is 0 Å². The van der Waals surface area contributed by atoms with E-state index in [1.165, 1.54) is 11.8 Å². The van der Waals surface area contributed by atoms with Crippen molar-refractivity contribution in [2.75, 3.05) is 6.54 Å². The molecule has 1 saturated heterocycles. The lowest BCUT2D eigenvalue weighted by molar-refractivity contribution is -0.385. The van der Waals surface area contributed by atoms with Crippen molar-refractivity contribution in [2.45, 2.75) is 25.3 Å². The lowest BCUT2D eigenvalue weighted by atomic mass is 9.98. The quantitative estimate of drug-likeness (QED) is 0.516. The summed E-state index contributed by atoms with van der Waals surface area (Å²) in [5.74, 6) is -1.79. The predicted molar refractivity (Wildman–Crippen MR) is 72.2 cm³/mol. The van der Waals surface area contributed by atoms with E-state index in [0.717, 1.165) is 12.3 Å². The number of rotatable bonds is 3. The zero-order chi connectivity index (χ0) is 15.8. The van der Waals surface area contributed by atoms with Crippen LogP contribution in [-0.2, 0) is 4.79 Å². The van der Waals surface area contributed by atoms with E-state index in [9.17, 15) is 24.8 Å². The second-order valence-electron chi connectivity index (χ2n) is 4.93. The highest BCUT2D eigenvalue weighted by molar-refractivity contribution is 6.32. The van der Waals surface area contributed by atoms with Crippen LogP contribution in [0.3, 0.4) is 0 Å². The SMILES string of the molecule is CC1(C(=O)O)CCCN1C(=O)c1cc([N+](=O)[O-])cnc1Cl. The molecule has 0 radical (unpaired) electrons. The van der Waals surface area contributed by atoms with Gasteiger partial charge in [0.15, 0.2) is 0 Å². The number of likely N-dealkylation sites (tertiary alicyclic amines) is 1. The largest absolute Gasteiger partial charge is 0.480 e. The maximum atomic E-state index is 12.5. The molecule has 0 aromatic carbocycles. The van der Waals surface area contributed by atoms with Crippen LogP contribution in [0.4, 0.5) is 5.69 Å². The summed E-state index contributed by atoms with van der Waals surface area (Å²) in [5.41, 5.74) is -1.88. The first-order valence-corrected chi connectivity index (χ1v) is 6.50. The van der Waals surface area contributed by atoms with Crippen molar-refractivity contribution >= 4 is 29.2 Å². The second kappa shape index (κ2) is 5.28. The molecule has 2 heterocycles. The van der Waals surface area contributed by atoms with Gasteiger partial charge >= 0.3 is 5.97 Å². The third-order valence-electron chi connectivity index (χ3n) is 3.61. The van der Waals surface area contributed by atoms with Crippen LogP contribution in [0.5, 0.6) is 0 Å². The van der Waals surface area contributed by atoms with Crippen molar-refractivity contribution in [1.29, 1.82) is 0 Å². The van der Waals surface area contributed by atoms with Gasteiger partial charge in [0.05, 0.1) is 10.5 Å². The maximum Gasteiger partial charge on any atom is 0.329 e. The molecule has 21 heavy (non-hydrogen) atoms. The molecule has 0 aliphatic carbocycles. The summed E-state index contributed by atoms with van der Waals surface area (Å²) < 4.78 is 0. The average molecular weight is 314 g/mol. The molecular formula is C12H12ClN3O5. The molecule has 112 valence electrons. The van der Waals surface area contributed by atoms with Crippen LogP contribution in [0.15, 0.2) is 12.3 Å². The number of hydrogen-bond acceptors (Lipinski definition) is 5. The number of amides is 1. The van der Waals surface area contributed by atoms with Crippen LogP contribution in [0.1, 0.15) is 30.1 Å². The van der Waals surface area contributed by atoms with Gasteiger partial charge in [0.1, 0.15) is 16.9 Å². The van der Waals surface area contributed by atoms with Crippen molar-refractivity contribution < 1.29 is 19.6 Å². The van der Waals surface area contributed by atoms with Crippen molar-refractivity contribution in [3.63, 3.8) is 0 Å². The fourth-order valence-electron chi connectivity index (χ4n) is 2.34. The minimum atomic E-state index is -1.34. The van der Waals surface area contributed by atoms with E-state index in [1.807, 2.05) is 0 Å². The zero-order valence-electron chi connectivity index (χ0n) is 11.1. The van der Waals surface area contributed by atoms with Crippen molar-refractivity contribution in [3.05, 3.63) is 33.1 Å². The minimum Gasteiger partial charge on any atom is -0.480 e. The molecule has 2 rings (SSSR count). The lowest BCUT2D eigenvalue weighted by Crippen LogP contribution is -2.50. The van der Waals surface area contributed by atoms with Crippen molar-refractivity contribution in [1.82, 2.24) is 9.88 Å². The van der Waals surface area contributed by atoms with Crippen LogP contribution in [0.25, 0.3) is 0 Å². The van der Waals surface area contributed by atoms with E-state index in [-0.39, 0.29) is 22.9 Å². The van der Waals surface area contributed by atoms with Gasteiger partial charge in [-0.1, -0.05) is 11.6 Å². The Morgan fingerprint density at radius 3 is 2.81 bits per heavy atom. The third kappa shape index (κ3) is 2.54. The fraction of sp³-hybridized carbons (Fsp3) is 0.417. The highest BCUT2D eigenvalue weighted by Crippen LogP contribution is 2.32. The van der Waals surface area contributed by atoms with Gasteiger partial charge in [-0.15, -0.1) is 0 Å². The van der Waals surface area contributed by atoms with E-state index in [2.05, 4.69) is 4.98 Å². The number of aromatic nitrogens is 1. The number of aliphatic carboxylic acids is 1. The van der Waals surface area contributed by atoms with Crippen LogP contribution >= 0.6 is 11.6 Å². The third-order valence-corrected chi connectivity index (χ3v) is 3.91. The van der Waals surface area contributed by atoms with E-state index in [0.29, 0.717) is 12.8 Å².